The number of unbranched alkanes of at least 4 members (excludes halogenated alkanes) is 39. The highest BCUT2D eigenvalue weighted by atomic mass is 16.4. The number of hydrogen-bond acceptors (Lipinski definition) is 2. The number of carboxylic acids is 2. The van der Waals surface area contributed by atoms with Crippen LogP contribution in [0.1, 0.15) is 309 Å². The molecule has 0 rings (SSSR count). The fourth-order valence-corrected chi connectivity index (χ4v) is 8.63. The third-order valence-corrected chi connectivity index (χ3v) is 12.4. The van der Waals surface area contributed by atoms with Crippen LogP contribution >= 0.6 is 0 Å². The van der Waals surface area contributed by atoms with Gasteiger partial charge in [-0.05, 0) is 44.9 Å². The van der Waals surface area contributed by atoms with Gasteiger partial charge >= 0.3 is 11.9 Å². The van der Waals surface area contributed by atoms with Crippen LogP contribution in [0.5, 0.6) is 0 Å². The molecule has 0 saturated carbocycles. The topological polar surface area (TPSA) is 74.6 Å². The quantitative estimate of drug-likeness (QED) is 0.0476. The van der Waals surface area contributed by atoms with Crippen molar-refractivity contribution in [2.45, 2.75) is 309 Å². The maximum atomic E-state index is 12.6. The van der Waals surface area contributed by atoms with Crippen molar-refractivity contribution in [2.75, 3.05) is 0 Å². The summed E-state index contributed by atoms with van der Waals surface area (Å²) >= 11 is 0. The lowest BCUT2D eigenvalue weighted by atomic mass is 9.92. The fourth-order valence-electron chi connectivity index (χ4n) is 8.63. The summed E-state index contributed by atoms with van der Waals surface area (Å²) in [7, 11) is 0. The van der Waals surface area contributed by atoms with Crippen molar-refractivity contribution in [3.63, 3.8) is 0 Å². The van der Waals surface area contributed by atoms with Crippen LogP contribution in [0, 0.1) is 0 Å². The molecule has 0 aliphatic heterocycles. The molecular weight excluding hydrogens is 689 g/mol. The van der Waals surface area contributed by atoms with Gasteiger partial charge in [0.2, 0.25) is 0 Å². The van der Waals surface area contributed by atoms with E-state index in [4.69, 9.17) is 5.11 Å². The summed E-state index contributed by atoms with van der Waals surface area (Å²) in [6.45, 7) is 4.58. The molecule has 4 heteroatoms. The van der Waals surface area contributed by atoms with Gasteiger partial charge in [0.1, 0.15) is 0 Å². The highest BCUT2D eigenvalue weighted by molar-refractivity contribution is 5.87. The molecule has 2 N–H and O–H groups in total. The molecule has 0 amide bonds. The van der Waals surface area contributed by atoms with E-state index in [1.165, 1.54) is 243 Å². The van der Waals surface area contributed by atoms with Crippen LogP contribution in [0.4, 0.5) is 0 Å². The Balaban J connectivity index is 4.40. The maximum absolute atomic E-state index is 12.6. The summed E-state index contributed by atoms with van der Waals surface area (Å²) in [5.41, 5.74) is 2.06. The Morgan fingerprint density at radius 2 is 0.464 bits per heavy atom. The predicted molar refractivity (Wildman–Crippen MR) is 246 cm³/mol. The van der Waals surface area contributed by atoms with E-state index in [0.29, 0.717) is 6.42 Å². The number of carbonyl (C=O) groups is 2. The molecule has 0 aromatic heterocycles. The van der Waals surface area contributed by atoms with Crippen LogP contribution in [0.15, 0.2) is 11.1 Å². The van der Waals surface area contributed by atoms with Gasteiger partial charge in [-0.25, -0.2) is 4.79 Å². The number of rotatable bonds is 48. The highest BCUT2D eigenvalue weighted by Crippen LogP contribution is 2.26. The van der Waals surface area contributed by atoms with Crippen LogP contribution in [-0.2, 0) is 9.59 Å². The lowest BCUT2D eigenvalue weighted by Crippen LogP contribution is -2.06. The summed E-state index contributed by atoms with van der Waals surface area (Å²) in [5.74, 6) is -1.31. The molecule has 0 aliphatic carbocycles. The van der Waals surface area contributed by atoms with Gasteiger partial charge in [0.15, 0.2) is 0 Å². The van der Waals surface area contributed by atoms with Gasteiger partial charge in [0, 0.05) is 12.0 Å². The molecule has 0 aromatic rings. The Kier molecular flexibility index (Phi) is 45.3. The Bertz CT molecular complexity index is 848. The second kappa shape index (κ2) is 46.4. The molecule has 0 radical (unpaired) electrons. The molecule has 0 unspecified atom stereocenters. The SMILES string of the molecule is CCCCCCCCCCCCCCCCC(CCCCCCCCCCCCCCCCC(=O)O)=C(CCCCCCCCCCCCCCCC)C(=O)O. The molecule has 332 valence electrons. The molecular formula is C52H100O4. The van der Waals surface area contributed by atoms with Crippen molar-refractivity contribution in [1.29, 1.82) is 0 Å². The first-order valence-corrected chi connectivity index (χ1v) is 25.7. The summed E-state index contributed by atoms with van der Waals surface area (Å²) in [5, 5.41) is 19.1. The molecule has 0 aliphatic rings. The first-order chi connectivity index (χ1) is 27.5. The molecule has 56 heavy (non-hydrogen) atoms. The van der Waals surface area contributed by atoms with E-state index in [1.54, 1.807) is 0 Å². The zero-order valence-corrected chi connectivity index (χ0v) is 38.2. The normalized spacial score (nSPS) is 12.0. The number of carboxylic acid groups (broad SMARTS) is 2. The standard InChI is InChI=1S/C52H100O4/c1-3-5-7-9-11-13-15-17-21-25-29-33-37-41-45-49(46-42-38-34-30-26-22-19-20-24-28-32-36-40-44-48-51(53)54)50(52(55)56)47-43-39-35-31-27-23-18-16-14-12-10-8-6-4-2/h3-48H2,1-2H3,(H,53,54)(H,55,56). The zero-order chi connectivity index (χ0) is 40.8. The van der Waals surface area contributed by atoms with Crippen molar-refractivity contribution in [1.82, 2.24) is 0 Å². The van der Waals surface area contributed by atoms with E-state index >= 15 is 0 Å². The second-order valence-electron chi connectivity index (χ2n) is 17.9. The first-order valence-electron chi connectivity index (χ1n) is 25.7. The molecule has 0 atom stereocenters. The fraction of sp³-hybridized carbons (Fsp3) is 0.923. The summed E-state index contributed by atoms with van der Waals surface area (Å²) in [4.78, 5) is 23.2. The minimum atomic E-state index is -0.667. The average molecular weight is 789 g/mol. The Morgan fingerprint density at radius 1 is 0.268 bits per heavy atom. The van der Waals surface area contributed by atoms with Crippen LogP contribution in [0.3, 0.4) is 0 Å². The summed E-state index contributed by atoms with van der Waals surface area (Å²) in [6.07, 6.45) is 58.1. The van der Waals surface area contributed by atoms with Crippen LogP contribution in [0.25, 0.3) is 0 Å². The average Bonchev–Trinajstić information content (AvgIpc) is 3.18. The van der Waals surface area contributed by atoms with Gasteiger partial charge in [0.05, 0.1) is 0 Å². The van der Waals surface area contributed by atoms with Crippen molar-refractivity contribution in [3.8, 4) is 0 Å². The van der Waals surface area contributed by atoms with E-state index in [2.05, 4.69) is 13.8 Å². The molecule has 4 nitrogen and oxygen atoms in total. The maximum Gasteiger partial charge on any atom is 0.331 e. The number of allylic oxidation sites excluding steroid dienone is 1. The van der Waals surface area contributed by atoms with Gasteiger partial charge < -0.3 is 10.2 Å². The van der Waals surface area contributed by atoms with Crippen molar-refractivity contribution in [3.05, 3.63) is 11.1 Å². The van der Waals surface area contributed by atoms with Crippen molar-refractivity contribution in [2.24, 2.45) is 0 Å². The summed E-state index contributed by atoms with van der Waals surface area (Å²) < 4.78 is 0. The smallest absolute Gasteiger partial charge is 0.331 e. The van der Waals surface area contributed by atoms with Gasteiger partial charge in [-0.2, -0.15) is 0 Å². The first kappa shape index (κ1) is 54.7. The predicted octanol–water partition coefficient (Wildman–Crippen LogP) is 18.4. The third kappa shape index (κ3) is 42.3. The minimum Gasteiger partial charge on any atom is -0.481 e. The number of hydrogen-bond donors (Lipinski definition) is 2. The highest BCUT2D eigenvalue weighted by Gasteiger charge is 2.14. The Morgan fingerprint density at radius 3 is 0.679 bits per heavy atom. The van der Waals surface area contributed by atoms with Gasteiger partial charge in [-0.15, -0.1) is 0 Å². The van der Waals surface area contributed by atoms with Gasteiger partial charge in [-0.3, -0.25) is 4.79 Å². The number of aliphatic carboxylic acids is 2. The molecule has 0 spiro atoms. The van der Waals surface area contributed by atoms with Gasteiger partial charge in [-0.1, -0.05) is 263 Å². The van der Waals surface area contributed by atoms with Crippen molar-refractivity contribution >= 4 is 11.9 Å². The Labute approximate surface area is 351 Å². The van der Waals surface area contributed by atoms with Crippen LogP contribution in [-0.4, -0.2) is 22.2 Å². The van der Waals surface area contributed by atoms with E-state index < -0.39 is 11.9 Å². The molecule has 0 fully saturated rings. The van der Waals surface area contributed by atoms with Crippen LogP contribution in [0.2, 0.25) is 0 Å². The molecule has 0 bridgehead atoms. The lowest BCUT2D eigenvalue weighted by Gasteiger charge is -2.14. The van der Waals surface area contributed by atoms with E-state index in [1.807, 2.05) is 0 Å². The largest absolute Gasteiger partial charge is 0.481 e. The zero-order valence-electron chi connectivity index (χ0n) is 38.2. The Hall–Kier alpha value is -1.32. The van der Waals surface area contributed by atoms with E-state index in [9.17, 15) is 14.7 Å². The summed E-state index contributed by atoms with van der Waals surface area (Å²) in [6, 6.07) is 0. The molecule has 0 aromatic carbocycles. The van der Waals surface area contributed by atoms with E-state index in [-0.39, 0.29) is 0 Å². The molecule has 0 heterocycles. The molecule has 0 saturated heterocycles. The lowest BCUT2D eigenvalue weighted by molar-refractivity contribution is -0.137. The third-order valence-electron chi connectivity index (χ3n) is 12.4. The van der Waals surface area contributed by atoms with E-state index in [0.717, 1.165) is 56.9 Å². The second-order valence-corrected chi connectivity index (χ2v) is 17.9. The minimum absolute atomic E-state index is 0.320. The van der Waals surface area contributed by atoms with Crippen molar-refractivity contribution < 1.29 is 19.8 Å². The van der Waals surface area contributed by atoms with Crippen LogP contribution < -0.4 is 0 Å². The monoisotopic (exact) mass is 789 g/mol. The van der Waals surface area contributed by atoms with Gasteiger partial charge in [0.25, 0.3) is 0 Å².